The minimum atomic E-state index is -4.59. The summed E-state index contributed by atoms with van der Waals surface area (Å²) in [5.41, 5.74) is 4.65. The number of aromatic nitrogens is 3. The standard InChI is InChI=1S/C56H67N9O8S/c1-37(2)46-16-21-57-34-48(46)51-36-62(35-39-5-8-43(72-4)9-6-39)25-26-64(51)42-30-56(31-42)19-23-63(24-20-56)41-7-11-47(52(28-41)73-44-27-40-15-22-58-53(40)60-33-44)54(66)61-74(70,71)45-10-12-49(50(29-45)65(68)69)59-32-38-13-17-55(3,67)18-14-38/h5-12,15-16,21-22,27-29,33-34,37-38,42,51,59,67H,13-14,17-20,23-26,30-32,35-36H2,1-4H3,(H,58,60)(H,61,66). The number of aliphatic hydroxyl groups is 1. The number of nitrogens with one attached hydrogen (secondary N) is 3. The number of hydrogen-bond donors (Lipinski definition) is 4. The molecule has 2 aliphatic carbocycles. The van der Waals surface area contributed by atoms with E-state index in [4.69, 9.17) is 9.47 Å². The van der Waals surface area contributed by atoms with Crippen LogP contribution < -0.4 is 24.4 Å². The Labute approximate surface area is 432 Å². The molecule has 390 valence electrons. The molecule has 2 saturated carbocycles. The Morgan fingerprint density at radius 1 is 0.946 bits per heavy atom. The van der Waals surface area contributed by atoms with Crippen molar-refractivity contribution in [1.29, 1.82) is 0 Å². The lowest BCUT2D eigenvalue weighted by molar-refractivity contribution is -0.384. The number of methoxy groups -OCH3 is 1. The van der Waals surface area contributed by atoms with Crippen molar-refractivity contribution in [2.75, 3.05) is 56.6 Å². The van der Waals surface area contributed by atoms with Crippen molar-refractivity contribution in [2.45, 2.75) is 107 Å². The summed E-state index contributed by atoms with van der Waals surface area (Å²) >= 11 is 0. The van der Waals surface area contributed by atoms with Crippen LogP contribution in [-0.4, -0.2) is 107 Å². The van der Waals surface area contributed by atoms with Crippen LogP contribution in [0.5, 0.6) is 17.2 Å². The highest BCUT2D eigenvalue weighted by atomic mass is 32.2. The van der Waals surface area contributed by atoms with Gasteiger partial charge in [-0.25, -0.2) is 18.1 Å². The van der Waals surface area contributed by atoms with Gasteiger partial charge in [0.05, 0.1) is 34.3 Å². The minimum Gasteiger partial charge on any atom is -0.497 e. The molecule has 5 heterocycles. The average molecular weight is 1030 g/mol. The molecule has 18 heteroatoms. The lowest BCUT2D eigenvalue weighted by atomic mass is 9.59. The van der Waals surface area contributed by atoms with E-state index in [0.717, 1.165) is 101 Å². The number of sulfonamides is 1. The van der Waals surface area contributed by atoms with Crippen molar-refractivity contribution in [3.8, 4) is 17.2 Å². The third-order valence-corrected chi connectivity index (χ3v) is 17.5. The van der Waals surface area contributed by atoms with E-state index < -0.39 is 37.0 Å². The van der Waals surface area contributed by atoms with Gasteiger partial charge in [0.1, 0.15) is 28.6 Å². The van der Waals surface area contributed by atoms with Crippen LogP contribution in [0.1, 0.15) is 111 Å². The largest absolute Gasteiger partial charge is 0.497 e. The Bertz CT molecular complexity index is 3100. The third-order valence-electron chi connectivity index (χ3n) is 16.2. The highest BCUT2D eigenvalue weighted by Gasteiger charge is 2.50. The summed E-state index contributed by atoms with van der Waals surface area (Å²) in [4.78, 5) is 45.1. The van der Waals surface area contributed by atoms with E-state index in [2.05, 4.69) is 77.9 Å². The lowest BCUT2D eigenvalue weighted by Crippen LogP contribution is -2.60. The Balaban J connectivity index is 0.830. The Morgan fingerprint density at radius 3 is 2.45 bits per heavy atom. The maximum atomic E-state index is 14.1. The van der Waals surface area contributed by atoms with Gasteiger partial charge in [-0.3, -0.25) is 29.7 Å². The first kappa shape index (κ1) is 50.9. The van der Waals surface area contributed by atoms with Crippen molar-refractivity contribution in [3.63, 3.8) is 0 Å². The van der Waals surface area contributed by atoms with Gasteiger partial charge in [0.2, 0.25) is 0 Å². The van der Waals surface area contributed by atoms with E-state index >= 15 is 0 Å². The summed E-state index contributed by atoms with van der Waals surface area (Å²) in [6.45, 7) is 12.1. The molecule has 1 amide bonds. The number of piperazine rings is 1. The summed E-state index contributed by atoms with van der Waals surface area (Å²) in [5.74, 6) is 0.973. The monoisotopic (exact) mass is 1030 g/mol. The second-order valence-electron chi connectivity index (χ2n) is 21.6. The second kappa shape index (κ2) is 21.0. The number of fused-ring (bicyclic) bond motifs is 1. The summed E-state index contributed by atoms with van der Waals surface area (Å²) in [7, 11) is -2.90. The number of hydrogen-bond acceptors (Lipinski definition) is 14. The molecule has 3 aromatic carbocycles. The van der Waals surface area contributed by atoms with Gasteiger partial charge < -0.3 is 29.8 Å². The number of amides is 1. The number of nitrogens with zero attached hydrogens (tertiary/aromatic N) is 6. The van der Waals surface area contributed by atoms with E-state index in [-0.39, 0.29) is 34.4 Å². The van der Waals surface area contributed by atoms with Gasteiger partial charge in [-0.2, -0.15) is 0 Å². The molecule has 4 N–H and O–H groups in total. The van der Waals surface area contributed by atoms with Gasteiger partial charge >= 0.3 is 0 Å². The highest BCUT2D eigenvalue weighted by Crippen LogP contribution is 2.53. The van der Waals surface area contributed by atoms with Crippen LogP contribution in [0.15, 0.2) is 109 Å². The number of carbonyl (C=O) groups excluding carboxylic acids is 1. The summed E-state index contributed by atoms with van der Waals surface area (Å²) in [5, 5.41) is 26.5. The topological polar surface area (TPSA) is 208 Å². The van der Waals surface area contributed by atoms with Gasteiger partial charge in [-0.15, -0.1) is 0 Å². The molecule has 1 unspecified atom stereocenters. The van der Waals surface area contributed by atoms with Crippen LogP contribution in [0.4, 0.5) is 17.1 Å². The number of nitro groups is 1. The van der Waals surface area contributed by atoms with Crippen molar-refractivity contribution in [3.05, 3.63) is 136 Å². The average Bonchev–Trinajstić information content (AvgIpc) is 3.86. The van der Waals surface area contributed by atoms with E-state index in [1.54, 1.807) is 31.5 Å². The molecular weight excluding hydrogens is 959 g/mol. The molecule has 10 rings (SSSR count). The van der Waals surface area contributed by atoms with Crippen LogP contribution >= 0.6 is 0 Å². The van der Waals surface area contributed by atoms with Crippen molar-refractivity contribution in [1.82, 2.24) is 29.5 Å². The number of carbonyl (C=O) groups is 1. The first-order valence-corrected chi connectivity index (χ1v) is 27.4. The summed E-state index contributed by atoms with van der Waals surface area (Å²) in [6.07, 6.45) is 14.4. The lowest BCUT2D eigenvalue weighted by Gasteiger charge is -2.58. The molecule has 6 aromatic rings. The van der Waals surface area contributed by atoms with E-state index in [1.807, 2.05) is 37.4 Å². The predicted molar refractivity (Wildman–Crippen MR) is 284 cm³/mol. The van der Waals surface area contributed by atoms with Gasteiger partial charge in [0.15, 0.2) is 0 Å². The first-order chi connectivity index (χ1) is 35.5. The maximum Gasteiger partial charge on any atom is 0.293 e. The van der Waals surface area contributed by atoms with E-state index in [9.17, 15) is 28.4 Å². The molecule has 2 saturated heterocycles. The molecule has 3 aromatic heterocycles. The molecule has 0 bridgehead atoms. The second-order valence-corrected chi connectivity index (χ2v) is 23.3. The molecule has 2 aliphatic heterocycles. The number of anilines is 2. The quantitative estimate of drug-likeness (QED) is 0.0526. The zero-order valence-corrected chi connectivity index (χ0v) is 43.4. The number of rotatable bonds is 16. The zero-order valence-electron chi connectivity index (χ0n) is 42.6. The maximum absolute atomic E-state index is 14.1. The molecule has 74 heavy (non-hydrogen) atoms. The Morgan fingerprint density at radius 2 is 1.72 bits per heavy atom. The molecule has 17 nitrogen and oxygen atoms in total. The van der Waals surface area contributed by atoms with Crippen molar-refractivity contribution >= 4 is 44.0 Å². The van der Waals surface area contributed by atoms with Crippen molar-refractivity contribution in [2.24, 2.45) is 11.3 Å². The fraction of sp³-hybridized carbons (Fsp3) is 0.446. The van der Waals surface area contributed by atoms with Crippen LogP contribution in [0.25, 0.3) is 11.0 Å². The number of nitro benzene ring substituents is 1. The molecule has 1 atom stereocenters. The first-order valence-electron chi connectivity index (χ1n) is 25.9. The SMILES string of the molecule is COc1ccc(CN2CCN(C3CC4(CCN(c5ccc(C(=O)NS(=O)(=O)c6ccc(NCC7CCC(C)(O)CC7)c([N+](=O)[O-])c6)c(Oc6cnc7[nH]ccc7c6)c5)CC4)C3)C(c3cnccc3C(C)C)C2)cc1. The van der Waals surface area contributed by atoms with Crippen LogP contribution in [0, 0.1) is 21.4 Å². The molecular formula is C56H67N9O8S. The Hall–Kier alpha value is -6.60. The van der Waals surface area contributed by atoms with E-state index in [1.165, 1.54) is 35.0 Å². The van der Waals surface area contributed by atoms with Gasteiger partial charge in [0.25, 0.3) is 21.6 Å². The number of H-pyrrole nitrogens is 1. The van der Waals surface area contributed by atoms with Crippen LogP contribution in [0.2, 0.25) is 0 Å². The molecule has 0 radical (unpaired) electrons. The molecule has 4 fully saturated rings. The summed E-state index contributed by atoms with van der Waals surface area (Å²) < 4.78 is 41.7. The smallest absolute Gasteiger partial charge is 0.293 e. The number of pyridine rings is 2. The van der Waals surface area contributed by atoms with Gasteiger partial charge in [-0.1, -0.05) is 26.0 Å². The van der Waals surface area contributed by atoms with Crippen molar-refractivity contribution < 1.29 is 32.7 Å². The number of benzene rings is 3. The minimum absolute atomic E-state index is 0.0334. The van der Waals surface area contributed by atoms with Gasteiger partial charge in [-0.05, 0) is 147 Å². The number of ether oxygens (including phenoxy) is 2. The normalized spacial score (nSPS) is 21.6. The molecule has 4 aliphatic rings. The number of aromatic amines is 1. The van der Waals surface area contributed by atoms with Crippen LogP contribution in [-0.2, 0) is 16.6 Å². The highest BCUT2D eigenvalue weighted by molar-refractivity contribution is 7.90. The fourth-order valence-corrected chi connectivity index (χ4v) is 12.8. The molecule has 1 spiro atoms. The fourth-order valence-electron chi connectivity index (χ4n) is 11.8. The van der Waals surface area contributed by atoms with Crippen LogP contribution in [0.3, 0.4) is 0 Å². The van der Waals surface area contributed by atoms with E-state index in [0.29, 0.717) is 42.7 Å². The van der Waals surface area contributed by atoms with Gasteiger partial charge in [0, 0.05) is 99.7 Å². The number of piperidine rings is 1. The zero-order chi connectivity index (χ0) is 51.8. The predicted octanol–water partition coefficient (Wildman–Crippen LogP) is 9.57. The summed E-state index contributed by atoms with van der Waals surface area (Å²) in [6, 6.07) is 23.6. The Kier molecular flexibility index (Phi) is 14.4. The third kappa shape index (κ3) is 11.1.